The first-order valence-electron chi connectivity index (χ1n) is 7.57. The van der Waals surface area contributed by atoms with Crippen molar-refractivity contribution in [2.75, 3.05) is 0 Å². The Bertz CT molecular complexity index is 912. The lowest BCUT2D eigenvalue weighted by Crippen LogP contribution is -2.62. The summed E-state index contributed by atoms with van der Waals surface area (Å²) >= 11 is 0. The van der Waals surface area contributed by atoms with Crippen molar-refractivity contribution in [3.05, 3.63) is 35.9 Å². The number of benzene rings is 1. The normalized spacial score (nSPS) is 19.3. The molecule has 3 N–H and O–H groups in total. The van der Waals surface area contributed by atoms with Crippen LogP contribution in [0, 0.1) is 5.92 Å². The molecule has 0 aromatic heterocycles. The molecule has 1 fully saturated rings. The predicted octanol–water partition coefficient (Wildman–Crippen LogP) is 1.68. The summed E-state index contributed by atoms with van der Waals surface area (Å²) in [6.45, 7) is 0. The summed E-state index contributed by atoms with van der Waals surface area (Å²) in [6, 6.07) is 2.99. The van der Waals surface area contributed by atoms with Gasteiger partial charge in [-0.2, -0.15) is 21.6 Å². The lowest BCUT2D eigenvalue weighted by Gasteiger charge is -2.34. The molecule has 8 nitrogen and oxygen atoms in total. The summed E-state index contributed by atoms with van der Waals surface area (Å²) < 4.78 is 97.1. The number of carbonyl (C=O) groups is 1. The first-order chi connectivity index (χ1) is 12.2. The summed E-state index contributed by atoms with van der Waals surface area (Å²) in [5.74, 6) is -2.97. The molecule has 0 spiro atoms. The lowest BCUT2D eigenvalue weighted by atomic mass is 10.0. The molecule has 0 aliphatic heterocycles. The number of hydrogen-bond acceptors (Lipinski definition) is 6. The van der Waals surface area contributed by atoms with E-state index in [1.807, 2.05) is 0 Å². The van der Waals surface area contributed by atoms with Gasteiger partial charge in [-0.15, -0.1) is 0 Å². The van der Waals surface area contributed by atoms with Gasteiger partial charge in [0.25, 0.3) is 0 Å². The lowest BCUT2D eigenvalue weighted by molar-refractivity contribution is -0.165. The van der Waals surface area contributed by atoms with E-state index in [-0.39, 0.29) is 0 Å². The summed E-state index contributed by atoms with van der Waals surface area (Å²) in [6.07, 6.45) is -5.45. The van der Waals surface area contributed by atoms with Crippen molar-refractivity contribution in [3.8, 4) is 0 Å². The van der Waals surface area contributed by atoms with Gasteiger partial charge < -0.3 is 5.11 Å². The first kappa shape index (κ1) is 21.6. The van der Waals surface area contributed by atoms with Gasteiger partial charge in [-0.25, -0.2) is 13.2 Å². The van der Waals surface area contributed by atoms with Crippen LogP contribution >= 0.6 is 0 Å². The zero-order valence-corrected chi connectivity index (χ0v) is 15.2. The minimum absolute atomic E-state index is 0.319. The van der Waals surface area contributed by atoms with E-state index in [0.717, 1.165) is 12.1 Å². The Morgan fingerprint density at radius 3 is 2.04 bits per heavy atom. The maximum absolute atomic E-state index is 13.6. The van der Waals surface area contributed by atoms with Crippen molar-refractivity contribution < 1.29 is 44.5 Å². The second-order valence-corrected chi connectivity index (χ2v) is 11.2. The topological polar surface area (TPSA) is 138 Å². The van der Waals surface area contributed by atoms with Crippen LogP contribution in [-0.4, -0.2) is 43.5 Å². The van der Waals surface area contributed by atoms with Crippen LogP contribution in [0.4, 0.5) is 13.2 Å². The molecule has 2 rings (SSSR count). The van der Waals surface area contributed by atoms with Crippen LogP contribution in [0.15, 0.2) is 30.3 Å². The summed E-state index contributed by atoms with van der Waals surface area (Å²) in [5, 5.41) is 11.0. The van der Waals surface area contributed by atoms with Crippen LogP contribution in [0.2, 0.25) is 0 Å². The molecule has 0 bridgehead atoms. The molecule has 1 aromatic carbocycles. The molecule has 1 aliphatic carbocycles. The third kappa shape index (κ3) is 4.25. The minimum Gasteiger partial charge on any atom is -0.479 e. The largest absolute Gasteiger partial charge is 0.479 e. The number of nitrogens with one attached hydrogen (secondary N) is 1. The third-order valence-corrected chi connectivity index (χ3v) is 8.54. The number of hydrogen-bond donors (Lipinski definition) is 3. The Kier molecular flexibility index (Phi) is 5.63. The monoisotopic (exact) mass is 431 g/mol. The molecular formula is C14H16F3NO7S2. The van der Waals surface area contributed by atoms with E-state index in [9.17, 15) is 39.9 Å². The fraction of sp³-hybridized carbons (Fsp3) is 0.500. The van der Waals surface area contributed by atoms with Gasteiger partial charge in [0.05, 0.1) is 0 Å². The SMILES string of the molecule is O=C(O)[C@](CC1CC1)(N[C@H](c1ccccc1)C(F)(F)F)S(=O)(=O)S(=O)(=O)O. The summed E-state index contributed by atoms with van der Waals surface area (Å²) in [7, 11) is -12.0. The molecule has 0 heterocycles. The van der Waals surface area contributed by atoms with E-state index in [1.54, 1.807) is 0 Å². The van der Waals surface area contributed by atoms with Crippen molar-refractivity contribution >= 4 is 24.0 Å². The van der Waals surface area contributed by atoms with Gasteiger partial charge in [-0.1, -0.05) is 43.2 Å². The van der Waals surface area contributed by atoms with E-state index in [1.165, 1.54) is 23.5 Å². The molecule has 1 saturated carbocycles. The van der Waals surface area contributed by atoms with Crippen molar-refractivity contribution in [1.82, 2.24) is 5.32 Å². The van der Waals surface area contributed by atoms with E-state index >= 15 is 0 Å². The number of rotatable bonds is 8. The standard InChI is InChI=1S/C14H16F3NO7S2/c15-14(16,17)11(10-4-2-1-3-5-10)18-13(12(19)20,8-9-6-7-9)26(21,22)27(23,24)25/h1-5,9,11,18H,6-8H2,(H,19,20)(H,23,24,25)/t11-,13-/m1/s1. The molecule has 152 valence electrons. The predicted molar refractivity (Wildman–Crippen MR) is 86.5 cm³/mol. The van der Waals surface area contributed by atoms with Crippen LogP contribution in [0.1, 0.15) is 30.9 Å². The number of halogens is 3. The first-order valence-corrected chi connectivity index (χ1v) is 11.0. The summed E-state index contributed by atoms with van der Waals surface area (Å²) in [5.41, 5.74) is -0.517. The number of carboxylic acid groups (broad SMARTS) is 1. The third-order valence-electron chi connectivity index (χ3n) is 4.16. The Morgan fingerprint density at radius 1 is 1.15 bits per heavy atom. The number of carboxylic acids is 1. The van der Waals surface area contributed by atoms with E-state index in [4.69, 9.17) is 4.55 Å². The fourth-order valence-corrected chi connectivity index (χ4v) is 5.55. The van der Waals surface area contributed by atoms with E-state index in [0.29, 0.717) is 12.8 Å². The average molecular weight is 431 g/mol. The highest BCUT2D eigenvalue weighted by Crippen LogP contribution is 2.43. The average Bonchev–Trinajstić information content (AvgIpc) is 3.33. The van der Waals surface area contributed by atoms with Crippen LogP contribution in [0.3, 0.4) is 0 Å². The van der Waals surface area contributed by atoms with E-state index in [2.05, 4.69) is 0 Å². The molecule has 0 saturated heterocycles. The highest BCUT2D eigenvalue weighted by molar-refractivity contribution is 8.65. The van der Waals surface area contributed by atoms with Crippen LogP contribution in [0.25, 0.3) is 0 Å². The van der Waals surface area contributed by atoms with Gasteiger partial charge in [0.1, 0.15) is 6.04 Å². The van der Waals surface area contributed by atoms with Crippen molar-refractivity contribution in [3.63, 3.8) is 0 Å². The number of alkyl halides is 3. The van der Waals surface area contributed by atoms with Gasteiger partial charge in [0, 0.05) is 0 Å². The second-order valence-electron chi connectivity index (χ2n) is 6.19. The van der Waals surface area contributed by atoms with Crippen molar-refractivity contribution in [2.45, 2.75) is 36.4 Å². The molecule has 0 radical (unpaired) electrons. The van der Waals surface area contributed by atoms with E-state index < -0.39 is 59.0 Å². The molecular weight excluding hydrogens is 415 g/mol. The van der Waals surface area contributed by atoms with Gasteiger partial charge in [0.15, 0.2) is 0 Å². The highest BCUT2D eigenvalue weighted by atomic mass is 33.2. The van der Waals surface area contributed by atoms with Crippen molar-refractivity contribution in [2.24, 2.45) is 5.92 Å². The van der Waals surface area contributed by atoms with Crippen LogP contribution < -0.4 is 5.32 Å². The Hall–Kier alpha value is -1.70. The zero-order chi connectivity index (χ0) is 20.7. The molecule has 1 aliphatic rings. The van der Waals surface area contributed by atoms with Gasteiger partial charge in [0.2, 0.25) is 4.87 Å². The number of aliphatic carboxylic acids is 1. The quantitative estimate of drug-likeness (QED) is 0.418. The zero-order valence-electron chi connectivity index (χ0n) is 13.5. The Balaban J connectivity index is 2.67. The maximum Gasteiger partial charge on any atom is 0.407 e. The summed E-state index contributed by atoms with van der Waals surface area (Å²) in [4.78, 5) is 8.22. The van der Waals surface area contributed by atoms with Gasteiger partial charge >= 0.3 is 30.2 Å². The highest BCUT2D eigenvalue weighted by Gasteiger charge is 2.62. The smallest absolute Gasteiger partial charge is 0.407 e. The maximum atomic E-state index is 13.6. The van der Waals surface area contributed by atoms with Crippen LogP contribution in [-0.2, 0) is 22.8 Å². The van der Waals surface area contributed by atoms with Crippen molar-refractivity contribution in [1.29, 1.82) is 0 Å². The Labute approximate surface area is 152 Å². The minimum atomic E-state index is -6.03. The molecule has 1 aromatic rings. The molecule has 0 unspecified atom stereocenters. The van der Waals surface area contributed by atoms with Crippen LogP contribution in [0.5, 0.6) is 0 Å². The van der Waals surface area contributed by atoms with Gasteiger partial charge in [-0.05, 0) is 17.9 Å². The Morgan fingerprint density at radius 2 is 1.67 bits per heavy atom. The molecule has 0 amide bonds. The van der Waals surface area contributed by atoms with Gasteiger partial charge in [-0.3, -0.25) is 9.87 Å². The molecule has 13 heteroatoms. The molecule has 27 heavy (non-hydrogen) atoms. The molecule has 2 atom stereocenters. The second kappa shape index (κ2) is 7.04. The fourth-order valence-electron chi connectivity index (χ4n) is 2.63.